The van der Waals surface area contributed by atoms with Crippen LogP contribution in [0.4, 0.5) is 5.82 Å². The van der Waals surface area contributed by atoms with Gasteiger partial charge < -0.3 is 24.2 Å². The Morgan fingerprint density at radius 2 is 1.79 bits per heavy atom. The lowest BCUT2D eigenvalue weighted by Gasteiger charge is -2.37. The minimum Gasteiger partial charge on any atom is -0.390 e. The Labute approximate surface area is 227 Å². The quantitative estimate of drug-likeness (QED) is 0.417. The molecule has 2 fully saturated rings. The minimum absolute atomic E-state index is 0.122. The molecule has 0 spiro atoms. The second kappa shape index (κ2) is 9.87. The van der Waals surface area contributed by atoms with Crippen molar-refractivity contribution in [3.05, 3.63) is 30.1 Å². The van der Waals surface area contributed by atoms with Crippen molar-refractivity contribution in [3.8, 4) is 11.5 Å². The predicted molar refractivity (Wildman–Crippen MR) is 149 cm³/mol. The molecule has 2 aliphatic rings. The summed E-state index contributed by atoms with van der Waals surface area (Å²) >= 11 is 0. The zero-order valence-corrected chi connectivity index (χ0v) is 23.1. The number of imidazole rings is 1. The smallest absolute Gasteiger partial charge is 0.289 e. The molecule has 1 aromatic carbocycles. The van der Waals surface area contributed by atoms with Gasteiger partial charge in [-0.25, -0.2) is 15.0 Å². The number of hydrogen-bond donors (Lipinski definition) is 1. The first-order valence-corrected chi connectivity index (χ1v) is 13.8. The van der Waals surface area contributed by atoms with Crippen molar-refractivity contribution in [2.24, 2.45) is 13.0 Å². The van der Waals surface area contributed by atoms with Crippen LogP contribution in [-0.4, -0.2) is 90.2 Å². The number of aliphatic hydroxyl groups is 1. The van der Waals surface area contributed by atoms with E-state index in [0.29, 0.717) is 74.6 Å². The fraction of sp³-hybridized carbons (Fsp3) is 0.536. The van der Waals surface area contributed by atoms with Crippen LogP contribution in [0.15, 0.2) is 24.3 Å². The fourth-order valence-electron chi connectivity index (χ4n) is 5.81. The molecule has 39 heavy (non-hydrogen) atoms. The minimum atomic E-state index is -0.749. The second-order valence-electron chi connectivity index (χ2n) is 11.0. The Bertz CT molecular complexity index is 1520. The molecule has 206 valence electrons. The van der Waals surface area contributed by atoms with Crippen LogP contribution in [0.5, 0.6) is 0 Å². The van der Waals surface area contributed by atoms with Crippen LogP contribution in [-0.2, 0) is 18.3 Å². The van der Waals surface area contributed by atoms with Gasteiger partial charge in [0.05, 0.1) is 24.3 Å². The van der Waals surface area contributed by atoms with Crippen LogP contribution in [0.2, 0.25) is 0 Å². The number of benzene rings is 1. The molecule has 2 saturated heterocycles. The molecular weight excluding hydrogens is 496 g/mol. The number of likely N-dealkylation sites (tertiary alicyclic amines) is 1. The number of fused-ring (bicyclic) bond motifs is 2. The Kier molecular flexibility index (Phi) is 6.50. The molecule has 0 bridgehead atoms. The number of anilines is 1. The Balaban J connectivity index is 1.45. The number of nitrogens with zero attached hydrogens (tertiary/aromatic N) is 8. The van der Waals surface area contributed by atoms with Crippen LogP contribution >= 0.6 is 0 Å². The summed E-state index contributed by atoms with van der Waals surface area (Å²) in [6.07, 6.45) is 1.52. The van der Waals surface area contributed by atoms with Crippen molar-refractivity contribution >= 4 is 33.8 Å². The standard InChI is InChI=1S/C28H36N8O3/c1-5-36-22(19-8-6-7-9-20(19)32-36)23-30-24-21(25(31-23)34-14-16-39-17-15-34)29-26(33(24)4)27(37)35-12-10-18(11-13-35)28(2,3)38/h6-9,18,38H,5,10-17H2,1-4H3. The molecule has 6 rings (SSSR count). The van der Waals surface area contributed by atoms with Gasteiger partial charge in [-0.15, -0.1) is 0 Å². The number of aryl methyl sites for hydroxylation is 2. The van der Waals surface area contributed by atoms with Gasteiger partial charge in [0, 0.05) is 45.2 Å². The van der Waals surface area contributed by atoms with E-state index in [2.05, 4.69) is 11.8 Å². The van der Waals surface area contributed by atoms with Gasteiger partial charge >= 0.3 is 0 Å². The van der Waals surface area contributed by atoms with Gasteiger partial charge in [-0.05, 0) is 45.6 Å². The van der Waals surface area contributed by atoms with Crippen molar-refractivity contribution in [3.63, 3.8) is 0 Å². The van der Waals surface area contributed by atoms with Gasteiger partial charge in [0.2, 0.25) is 5.82 Å². The number of rotatable bonds is 5. The highest BCUT2D eigenvalue weighted by Gasteiger charge is 2.34. The van der Waals surface area contributed by atoms with E-state index < -0.39 is 5.60 Å². The average Bonchev–Trinajstić information content (AvgIpc) is 3.50. The summed E-state index contributed by atoms with van der Waals surface area (Å²) in [4.78, 5) is 32.6. The lowest BCUT2D eigenvalue weighted by Crippen LogP contribution is -2.44. The summed E-state index contributed by atoms with van der Waals surface area (Å²) < 4.78 is 9.34. The molecule has 11 heteroatoms. The highest BCUT2D eigenvalue weighted by molar-refractivity contribution is 5.98. The Morgan fingerprint density at radius 1 is 1.08 bits per heavy atom. The number of carbonyl (C=O) groups is 1. The summed E-state index contributed by atoms with van der Waals surface area (Å²) in [5, 5.41) is 16.2. The molecular formula is C28H36N8O3. The zero-order valence-electron chi connectivity index (χ0n) is 23.1. The molecule has 4 aromatic rings. The summed E-state index contributed by atoms with van der Waals surface area (Å²) in [5.74, 6) is 1.67. The Morgan fingerprint density at radius 3 is 2.49 bits per heavy atom. The van der Waals surface area contributed by atoms with Crippen LogP contribution in [0, 0.1) is 5.92 Å². The van der Waals surface area contributed by atoms with Crippen molar-refractivity contribution in [2.75, 3.05) is 44.3 Å². The maximum Gasteiger partial charge on any atom is 0.289 e. The molecule has 11 nitrogen and oxygen atoms in total. The molecule has 1 N–H and O–H groups in total. The first-order valence-electron chi connectivity index (χ1n) is 13.8. The van der Waals surface area contributed by atoms with Gasteiger partial charge in [0.1, 0.15) is 5.69 Å². The van der Waals surface area contributed by atoms with Crippen LogP contribution in [0.25, 0.3) is 33.6 Å². The fourth-order valence-corrected chi connectivity index (χ4v) is 5.81. The molecule has 5 heterocycles. The molecule has 0 unspecified atom stereocenters. The second-order valence-corrected chi connectivity index (χ2v) is 11.0. The van der Waals surface area contributed by atoms with Crippen molar-refractivity contribution in [1.29, 1.82) is 0 Å². The number of carbonyl (C=O) groups excluding carboxylic acids is 1. The number of ether oxygens (including phenoxy) is 1. The third-order valence-corrected chi connectivity index (χ3v) is 8.14. The molecule has 0 radical (unpaired) electrons. The van der Waals surface area contributed by atoms with Gasteiger partial charge in [-0.3, -0.25) is 9.48 Å². The van der Waals surface area contributed by atoms with Gasteiger partial charge in [0.25, 0.3) is 5.91 Å². The molecule has 0 saturated carbocycles. The van der Waals surface area contributed by atoms with Crippen LogP contribution in [0.1, 0.15) is 44.2 Å². The summed E-state index contributed by atoms with van der Waals surface area (Å²) in [5.41, 5.74) is 2.23. The zero-order chi connectivity index (χ0) is 27.3. The van der Waals surface area contributed by atoms with E-state index in [1.165, 1.54) is 0 Å². The van der Waals surface area contributed by atoms with Crippen LogP contribution < -0.4 is 4.90 Å². The molecule has 0 aliphatic carbocycles. The highest BCUT2D eigenvalue weighted by atomic mass is 16.5. The van der Waals surface area contributed by atoms with E-state index in [-0.39, 0.29) is 11.8 Å². The SMILES string of the molecule is CCn1nc2ccccc2c1-c1nc(N2CCOCC2)c2nc(C(=O)N3CCC(C(C)(C)O)CC3)n(C)c2n1. The van der Waals surface area contributed by atoms with E-state index in [4.69, 9.17) is 24.8 Å². The summed E-state index contributed by atoms with van der Waals surface area (Å²) in [7, 11) is 1.85. The predicted octanol–water partition coefficient (Wildman–Crippen LogP) is 2.86. The van der Waals surface area contributed by atoms with Crippen molar-refractivity contribution in [1.82, 2.24) is 34.2 Å². The van der Waals surface area contributed by atoms with Crippen LogP contribution in [0.3, 0.4) is 0 Å². The number of amides is 1. The van der Waals surface area contributed by atoms with E-state index in [9.17, 15) is 9.90 Å². The van der Waals surface area contributed by atoms with Gasteiger partial charge in [-0.2, -0.15) is 5.10 Å². The maximum atomic E-state index is 13.7. The number of hydrogen-bond acceptors (Lipinski definition) is 8. The average molecular weight is 533 g/mol. The van der Waals surface area contributed by atoms with E-state index in [1.807, 2.05) is 54.7 Å². The third kappa shape index (κ3) is 4.53. The molecule has 3 aromatic heterocycles. The number of aromatic nitrogens is 6. The monoisotopic (exact) mass is 532 g/mol. The number of morpholine rings is 1. The van der Waals surface area contributed by atoms with E-state index >= 15 is 0 Å². The largest absolute Gasteiger partial charge is 0.390 e. The van der Waals surface area contributed by atoms with Crippen molar-refractivity contribution in [2.45, 2.75) is 45.8 Å². The molecule has 0 atom stereocenters. The van der Waals surface area contributed by atoms with Crippen molar-refractivity contribution < 1.29 is 14.6 Å². The van der Waals surface area contributed by atoms with Gasteiger partial charge in [-0.1, -0.05) is 18.2 Å². The topological polar surface area (TPSA) is 114 Å². The first kappa shape index (κ1) is 25.7. The van der Waals surface area contributed by atoms with E-state index in [1.54, 1.807) is 4.57 Å². The number of piperidine rings is 1. The third-order valence-electron chi connectivity index (χ3n) is 8.14. The Hall–Kier alpha value is -3.57. The molecule has 1 amide bonds. The molecule has 2 aliphatic heterocycles. The lowest BCUT2D eigenvalue weighted by molar-refractivity contribution is -0.0110. The first-order chi connectivity index (χ1) is 18.8. The lowest BCUT2D eigenvalue weighted by atomic mass is 9.83. The highest BCUT2D eigenvalue weighted by Crippen LogP contribution is 2.33. The van der Waals surface area contributed by atoms with E-state index in [0.717, 1.165) is 29.4 Å². The van der Waals surface area contributed by atoms with Gasteiger partial charge in [0.15, 0.2) is 22.8 Å². The maximum absolute atomic E-state index is 13.7. The summed E-state index contributed by atoms with van der Waals surface area (Å²) in [6.45, 7) is 10.2. The summed E-state index contributed by atoms with van der Waals surface area (Å²) in [6, 6.07) is 8.01. The normalized spacial score (nSPS) is 17.5.